The van der Waals surface area contributed by atoms with Crippen molar-refractivity contribution < 1.29 is 4.79 Å². The van der Waals surface area contributed by atoms with Crippen molar-refractivity contribution >= 4 is 29.6 Å². The Morgan fingerprint density at radius 3 is 2.30 bits per heavy atom. The highest BCUT2D eigenvalue weighted by Gasteiger charge is 2.18. The molecule has 0 spiro atoms. The number of aromatic nitrogens is 2. The van der Waals surface area contributed by atoms with Crippen LogP contribution in [0.15, 0.2) is 30.3 Å². The van der Waals surface area contributed by atoms with Gasteiger partial charge in [-0.2, -0.15) is 4.98 Å². The molecule has 0 radical (unpaired) electrons. The summed E-state index contributed by atoms with van der Waals surface area (Å²) in [6.45, 7) is 7.22. The molecule has 0 aliphatic carbocycles. The van der Waals surface area contributed by atoms with Gasteiger partial charge in [0, 0.05) is 62.4 Å². The molecule has 3 heterocycles. The van der Waals surface area contributed by atoms with Gasteiger partial charge in [0.1, 0.15) is 5.82 Å². The number of hydrogen-bond acceptors (Lipinski definition) is 6. The predicted octanol–water partition coefficient (Wildman–Crippen LogP) is 2.41. The fourth-order valence-electron chi connectivity index (χ4n) is 3.66. The summed E-state index contributed by atoms with van der Waals surface area (Å²) in [7, 11) is 0. The maximum atomic E-state index is 10.9. The molecule has 2 aliphatic heterocycles. The Labute approximate surface area is 160 Å². The van der Waals surface area contributed by atoms with Crippen LogP contribution < -0.4 is 15.1 Å². The number of piperazine rings is 1. The zero-order chi connectivity index (χ0) is 18.6. The Kier molecular flexibility index (Phi) is 5.09. The Morgan fingerprint density at radius 1 is 0.926 bits per heavy atom. The van der Waals surface area contributed by atoms with Crippen LogP contribution in [-0.4, -0.2) is 60.5 Å². The van der Waals surface area contributed by atoms with Crippen molar-refractivity contribution in [2.45, 2.75) is 19.8 Å². The highest BCUT2D eigenvalue weighted by atomic mass is 16.1. The van der Waals surface area contributed by atoms with Gasteiger partial charge in [0.15, 0.2) is 0 Å². The van der Waals surface area contributed by atoms with E-state index < -0.39 is 0 Å². The molecule has 7 heteroatoms. The molecule has 1 amide bonds. The maximum Gasteiger partial charge on any atom is 0.227 e. The Hall–Kier alpha value is -2.83. The van der Waals surface area contributed by atoms with Crippen LogP contribution >= 0.6 is 0 Å². The van der Waals surface area contributed by atoms with E-state index in [0.29, 0.717) is 13.1 Å². The number of carbonyl (C=O) groups excluding carboxylic acids is 1. The van der Waals surface area contributed by atoms with Crippen LogP contribution in [0.4, 0.5) is 23.1 Å². The van der Waals surface area contributed by atoms with E-state index in [1.54, 1.807) is 4.90 Å². The lowest BCUT2D eigenvalue weighted by atomic mass is 10.2. The molecule has 0 unspecified atom stereocenters. The topological polar surface area (TPSA) is 64.6 Å². The fourth-order valence-corrected chi connectivity index (χ4v) is 3.66. The van der Waals surface area contributed by atoms with E-state index in [9.17, 15) is 4.79 Å². The first-order valence-corrected chi connectivity index (χ1v) is 9.63. The van der Waals surface area contributed by atoms with E-state index in [-0.39, 0.29) is 0 Å². The van der Waals surface area contributed by atoms with Crippen molar-refractivity contribution in [3.05, 3.63) is 36.0 Å². The molecular weight excluding hydrogens is 340 g/mol. The SMILES string of the molecule is Cc1cc(Nc2ccc(N3CCCC3)cc2)nc(N2CCN(C=O)CC2)n1. The summed E-state index contributed by atoms with van der Waals surface area (Å²) in [4.78, 5) is 26.5. The van der Waals surface area contributed by atoms with E-state index in [4.69, 9.17) is 0 Å². The Morgan fingerprint density at radius 2 is 1.63 bits per heavy atom. The molecule has 1 aromatic heterocycles. The van der Waals surface area contributed by atoms with Gasteiger partial charge in [-0.3, -0.25) is 4.79 Å². The summed E-state index contributed by atoms with van der Waals surface area (Å²) >= 11 is 0. The first-order chi connectivity index (χ1) is 13.2. The summed E-state index contributed by atoms with van der Waals surface area (Å²) in [6.07, 6.45) is 3.47. The lowest BCUT2D eigenvalue weighted by Gasteiger charge is -2.32. The molecule has 0 bridgehead atoms. The third kappa shape index (κ3) is 4.13. The molecule has 7 nitrogen and oxygen atoms in total. The molecule has 0 atom stereocenters. The predicted molar refractivity (Wildman–Crippen MR) is 108 cm³/mol. The number of aryl methyl sites for hydroxylation is 1. The van der Waals surface area contributed by atoms with Crippen LogP contribution in [0.1, 0.15) is 18.5 Å². The summed E-state index contributed by atoms with van der Waals surface area (Å²) in [5.41, 5.74) is 3.23. The van der Waals surface area contributed by atoms with Crippen molar-refractivity contribution in [2.24, 2.45) is 0 Å². The molecular formula is C20H26N6O. The van der Waals surface area contributed by atoms with E-state index in [1.165, 1.54) is 18.5 Å². The lowest BCUT2D eigenvalue weighted by molar-refractivity contribution is -0.118. The van der Waals surface area contributed by atoms with Gasteiger partial charge < -0.3 is 20.0 Å². The number of nitrogens with one attached hydrogen (secondary N) is 1. The molecule has 2 aromatic rings. The average Bonchev–Trinajstić information content (AvgIpc) is 3.23. The molecule has 27 heavy (non-hydrogen) atoms. The molecule has 2 fully saturated rings. The van der Waals surface area contributed by atoms with Crippen LogP contribution in [0.25, 0.3) is 0 Å². The molecule has 4 rings (SSSR count). The van der Waals surface area contributed by atoms with Gasteiger partial charge in [-0.15, -0.1) is 0 Å². The monoisotopic (exact) mass is 366 g/mol. The number of benzene rings is 1. The Balaban J connectivity index is 1.46. The number of amides is 1. The van der Waals surface area contributed by atoms with Gasteiger partial charge in [-0.1, -0.05) is 0 Å². The number of carbonyl (C=O) groups is 1. The number of anilines is 4. The summed E-state index contributed by atoms with van der Waals surface area (Å²) < 4.78 is 0. The first kappa shape index (κ1) is 17.6. The van der Waals surface area contributed by atoms with Gasteiger partial charge in [0.05, 0.1) is 0 Å². The minimum atomic E-state index is 0.710. The zero-order valence-electron chi connectivity index (χ0n) is 15.8. The van der Waals surface area contributed by atoms with Crippen molar-refractivity contribution in [1.82, 2.24) is 14.9 Å². The molecule has 2 aliphatic rings. The van der Waals surface area contributed by atoms with E-state index in [1.807, 2.05) is 13.0 Å². The van der Waals surface area contributed by atoms with Crippen molar-refractivity contribution in [1.29, 1.82) is 0 Å². The van der Waals surface area contributed by atoms with Crippen LogP contribution in [0, 0.1) is 6.92 Å². The molecule has 142 valence electrons. The minimum Gasteiger partial charge on any atom is -0.372 e. The van der Waals surface area contributed by atoms with E-state index in [0.717, 1.165) is 55.7 Å². The van der Waals surface area contributed by atoms with Crippen LogP contribution in [0.2, 0.25) is 0 Å². The second-order valence-corrected chi connectivity index (χ2v) is 7.19. The number of nitrogens with zero attached hydrogens (tertiary/aromatic N) is 5. The normalized spacial score (nSPS) is 17.3. The summed E-state index contributed by atoms with van der Waals surface area (Å²) in [6, 6.07) is 10.5. The standard InChI is InChI=1S/C20H26N6O/c1-16-14-19(23-20(21-16)26-12-10-24(15-27)11-13-26)22-17-4-6-18(7-5-17)25-8-2-3-9-25/h4-7,14-15H,2-3,8-13H2,1H3,(H,21,22,23). The van der Waals surface area contributed by atoms with Gasteiger partial charge in [-0.25, -0.2) is 4.98 Å². The highest BCUT2D eigenvalue weighted by Crippen LogP contribution is 2.24. The van der Waals surface area contributed by atoms with Gasteiger partial charge >= 0.3 is 0 Å². The van der Waals surface area contributed by atoms with Crippen molar-refractivity contribution in [3.8, 4) is 0 Å². The van der Waals surface area contributed by atoms with Gasteiger partial charge in [0.25, 0.3) is 0 Å². The second kappa shape index (κ2) is 7.82. The van der Waals surface area contributed by atoms with Crippen LogP contribution in [0.3, 0.4) is 0 Å². The Bertz CT molecular complexity index is 780. The molecule has 0 saturated carbocycles. The van der Waals surface area contributed by atoms with Gasteiger partial charge in [0.2, 0.25) is 12.4 Å². The number of hydrogen-bond donors (Lipinski definition) is 1. The first-order valence-electron chi connectivity index (χ1n) is 9.63. The second-order valence-electron chi connectivity index (χ2n) is 7.19. The largest absolute Gasteiger partial charge is 0.372 e. The maximum absolute atomic E-state index is 10.9. The highest BCUT2D eigenvalue weighted by molar-refractivity contribution is 5.62. The minimum absolute atomic E-state index is 0.710. The van der Waals surface area contributed by atoms with Crippen molar-refractivity contribution in [3.63, 3.8) is 0 Å². The summed E-state index contributed by atoms with van der Waals surface area (Å²) in [5, 5.41) is 3.40. The fraction of sp³-hybridized carbons (Fsp3) is 0.450. The summed E-state index contributed by atoms with van der Waals surface area (Å²) in [5.74, 6) is 1.51. The molecule has 2 saturated heterocycles. The van der Waals surface area contributed by atoms with Crippen molar-refractivity contribution in [2.75, 3.05) is 54.4 Å². The quantitative estimate of drug-likeness (QED) is 0.820. The van der Waals surface area contributed by atoms with E-state index in [2.05, 4.69) is 49.4 Å². The van der Waals surface area contributed by atoms with Gasteiger partial charge in [-0.05, 0) is 44.0 Å². The molecule has 1 aromatic carbocycles. The zero-order valence-corrected chi connectivity index (χ0v) is 15.8. The van der Waals surface area contributed by atoms with Crippen LogP contribution in [0.5, 0.6) is 0 Å². The lowest BCUT2D eigenvalue weighted by Crippen LogP contribution is -2.46. The molecule has 1 N–H and O–H groups in total. The third-order valence-corrected chi connectivity index (χ3v) is 5.20. The number of rotatable bonds is 5. The smallest absolute Gasteiger partial charge is 0.227 e. The average molecular weight is 366 g/mol. The third-order valence-electron chi connectivity index (χ3n) is 5.20. The van der Waals surface area contributed by atoms with E-state index >= 15 is 0 Å². The van der Waals surface area contributed by atoms with Crippen LogP contribution in [-0.2, 0) is 4.79 Å².